The van der Waals surface area contributed by atoms with Crippen molar-refractivity contribution in [2.45, 2.75) is 64.5 Å². The Morgan fingerprint density at radius 1 is 1.35 bits per heavy atom. The molecule has 1 aromatic heterocycles. The van der Waals surface area contributed by atoms with Crippen LogP contribution in [-0.4, -0.2) is 36.1 Å². The molecule has 0 radical (unpaired) electrons. The maximum atomic E-state index is 3.84. The van der Waals surface area contributed by atoms with E-state index in [2.05, 4.69) is 48.5 Å². The average Bonchev–Trinajstić information content (AvgIpc) is 3.15. The number of thiophene rings is 1. The maximum Gasteiger partial charge on any atom is 0.0335 e. The normalized spacial score (nSPS) is 20.9. The predicted molar refractivity (Wildman–Crippen MR) is 89.6 cm³/mol. The van der Waals surface area contributed by atoms with Crippen molar-refractivity contribution in [3.63, 3.8) is 0 Å². The fourth-order valence-electron chi connectivity index (χ4n) is 3.38. The molecule has 1 aliphatic rings. The van der Waals surface area contributed by atoms with E-state index in [1.807, 2.05) is 11.3 Å². The van der Waals surface area contributed by atoms with Crippen molar-refractivity contribution < 1.29 is 0 Å². The third kappa shape index (κ3) is 3.63. The van der Waals surface area contributed by atoms with E-state index < -0.39 is 0 Å². The summed E-state index contributed by atoms with van der Waals surface area (Å²) in [7, 11) is 0. The second kappa shape index (κ2) is 7.58. The standard InChI is InChI=1S/C17H30N2S/c1-4-10-18-16(14-15-9-8-13-20-15)17(3,5-2)19-11-6-7-12-19/h8-9,13,16,18H,4-7,10-12,14H2,1-3H3. The number of hydrogen-bond acceptors (Lipinski definition) is 3. The molecule has 0 saturated carbocycles. The largest absolute Gasteiger partial charge is 0.312 e. The van der Waals surface area contributed by atoms with Gasteiger partial charge >= 0.3 is 0 Å². The molecule has 1 N–H and O–H groups in total. The Hall–Kier alpha value is -0.380. The van der Waals surface area contributed by atoms with Crippen LogP contribution in [0.3, 0.4) is 0 Å². The van der Waals surface area contributed by atoms with E-state index in [1.165, 1.54) is 50.1 Å². The first kappa shape index (κ1) is 16.0. The molecule has 2 rings (SSSR count). The third-order valence-corrected chi connectivity index (χ3v) is 5.82. The summed E-state index contributed by atoms with van der Waals surface area (Å²) < 4.78 is 0. The van der Waals surface area contributed by atoms with Gasteiger partial charge in [-0.2, -0.15) is 0 Å². The Morgan fingerprint density at radius 2 is 2.10 bits per heavy atom. The fraction of sp³-hybridized carbons (Fsp3) is 0.765. The Morgan fingerprint density at radius 3 is 2.65 bits per heavy atom. The summed E-state index contributed by atoms with van der Waals surface area (Å²) in [6.45, 7) is 10.8. The topological polar surface area (TPSA) is 15.3 Å². The quantitative estimate of drug-likeness (QED) is 0.781. The Kier molecular flexibility index (Phi) is 6.06. The minimum atomic E-state index is 0.287. The van der Waals surface area contributed by atoms with E-state index in [-0.39, 0.29) is 5.54 Å². The molecular weight excluding hydrogens is 264 g/mol. The second-order valence-corrected chi connectivity index (χ2v) is 7.23. The summed E-state index contributed by atoms with van der Waals surface area (Å²) in [5.41, 5.74) is 0.287. The summed E-state index contributed by atoms with van der Waals surface area (Å²) in [5, 5.41) is 6.04. The number of hydrogen-bond donors (Lipinski definition) is 1. The zero-order valence-electron chi connectivity index (χ0n) is 13.3. The van der Waals surface area contributed by atoms with Crippen LogP contribution in [0.25, 0.3) is 0 Å². The highest BCUT2D eigenvalue weighted by atomic mass is 32.1. The first-order valence-corrected chi connectivity index (χ1v) is 9.09. The highest BCUT2D eigenvalue weighted by Gasteiger charge is 2.39. The van der Waals surface area contributed by atoms with Gasteiger partial charge in [0.2, 0.25) is 0 Å². The lowest BCUT2D eigenvalue weighted by Crippen LogP contribution is -2.59. The van der Waals surface area contributed by atoms with Crippen molar-refractivity contribution >= 4 is 11.3 Å². The monoisotopic (exact) mass is 294 g/mol. The molecule has 2 nitrogen and oxygen atoms in total. The SMILES string of the molecule is CCCNC(Cc1cccs1)C(C)(CC)N1CCCC1. The molecule has 1 fully saturated rings. The molecular formula is C17H30N2S. The molecule has 1 aromatic rings. The van der Waals surface area contributed by atoms with Crippen LogP contribution in [0.2, 0.25) is 0 Å². The third-order valence-electron chi connectivity index (χ3n) is 4.92. The van der Waals surface area contributed by atoms with Crippen molar-refractivity contribution in [1.82, 2.24) is 10.2 Å². The predicted octanol–water partition coefficient (Wildman–Crippen LogP) is 3.92. The smallest absolute Gasteiger partial charge is 0.0335 e. The Labute approximate surface area is 128 Å². The van der Waals surface area contributed by atoms with Crippen molar-refractivity contribution in [1.29, 1.82) is 0 Å². The van der Waals surface area contributed by atoms with Crippen LogP contribution < -0.4 is 5.32 Å². The lowest BCUT2D eigenvalue weighted by molar-refractivity contribution is 0.0843. The number of nitrogens with one attached hydrogen (secondary N) is 1. The van der Waals surface area contributed by atoms with Gasteiger partial charge in [0.15, 0.2) is 0 Å². The van der Waals surface area contributed by atoms with Crippen LogP contribution in [0.4, 0.5) is 0 Å². The number of rotatable bonds is 8. The molecule has 0 aromatic carbocycles. The van der Waals surface area contributed by atoms with Gasteiger partial charge in [0, 0.05) is 16.5 Å². The maximum absolute atomic E-state index is 3.84. The molecule has 2 unspecified atom stereocenters. The molecule has 0 bridgehead atoms. The molecule has 114 valence electrons. The van der Waals surface area contributed by atoms with E-state index in [1.54, 1.807) is 0 Å². The zero-order chi connectivity index (χ0) is 14.4. The van der Waals surface area contributed by atoms with E-state index in [0.717, 1.165) is 6.54 Å². The van der Waals surface area contributed by atoms with Crippen LogP contribution >= 0.6 is 11.3 Å². The van der Waals surface area contributed by atoms with Gasteiger partial charge < -0.3 is 5.32 Å². The van der Waals surface area contributed by atoms with Crippen LogP contribution in [0.5, 0.6) is 0 Å². The Balaban J connectivity index is 2.13. The molecule has 2 heterocycles. The van der Waals surface area contributed by atoms with Crippen LogP contribution in [0.15, 0.2) is 17.5 Å². The molecule has 20 heavy (non-hydrogen) atoms. The molecule has 1 saturated heterocycles. The van der Waals surface area contributed by atoms with Crippen molar-refractivity contribution in [3.05, 3.63) is 22.4 Å². The van der Waals surface area contributed by atoms with Gasteiger partial charge in [-0.1, -0.05) is 19.9 Å². The van der Waals surface area contributed by atoms with Gasteiger partial charge in [0.1, 0.15) is 0 Å². The first-order chi connectivity index (χ1) is 9.70. The van der Waals surface area contributed by atoms with E-state index in [9.17, 15) is 0 Å². The zero-order valence-corrected chi connectivity index (χ0v) is 14.1. The van der Waals surface area contributed by atoms with Gasteiger partial charge in [-0.3, -0.25) is 4.90 Å². The highest BCUT2D eigenvalue weighted by Crippen LogP contribution is 2.30. The molecule has 0 aliphatic carbocycles. The van der Waals surface area contributed by atoms with Crippen LogP contribution in [-0.2, 0) is 6.42 Å². The second-order valence-electron chi connectivity index (χ2n) is 6.20. The summed E-state index contributed by atoms with van der Waals surface area (Å²) in [4.78, 5) is 4.24. The van der Waals surface area contributed by atoms with Gasteiger partial charge in [-0.15, -0.1) is 11.3 Å². The van der Waals surface area contributed by atoms with Crippen molar-refractivity contribution in [2.24, 2.45) is 0 Å². The number of nitrogens with zero attached hydrogens (tertiary/aromatic N) is 1. The molecule has 0 spiro atoms. The van der Waals surface area contributed by atoms with Crippen molar-refractivity contribution in [3.8, 4) is 0 Å². The molecule has 1 aliphatic heterocycles. The summed E-state index contributed by atoms with van der Waals surface area (Å²) in [6.07, 6.45) is 6.34. The van der Waals surface area contributed by atoms with E-state index >= 15 is 0 Å². The van der Waals surface area contributed by atoms with Crippen LogP contribution in [0, 0.1) is 0 Å². The minimum Gasteiger partial charge on any atom is -0.312 e. The van der Waals surface area contributed by atoms with Gasteiger partial charge in [0.25, 0.3) is 0 Å². The Bertz CT molecular complexity index is 370. The van der Waals surface area contributed by atoms with Gasteiger partial charge in [-0.05, 0) is 70.1 Å². The number of likely N-dealkylation sites (tertiary alicyclic amines) is 1. The fourth-order valence-corrected chi connectivity index (χ4v) is 4.13. The molecule has 3 heteroatoms. The van der Waals surface area contributed by atoms with E-state index in [4.69, 9.17) is 0 Å². The highest BCUT2D eigenvalue weighted by molar-refractivity contribution is 7.09. The lowest BCUT2D eigenvalue weighted by Gasteiger charge is -2.45. The summed E-state index contributed by atoms with van der Waals surface area (Å²) in [6, 6.07) is 5.02. The molecule has 0 amide bonds. The van der Waals surface area contributed by atoms with Crippen molar-refractivity contribution in [2.75, 3.05) is 19.6 Å². The van der Waals surface area contributed by atoms with Gasteiger partial charge in [0.05, 0.1) is 0 Å². The molecule has 2 atom stereocenters. The van der Waals surface area contributed by atoms with Gasteiger partial charge in [-0.25, -0.2) is 0 Å². The lowest BCUT2D eigenvalue weighted by atomic mass is 9.85. The summed E-state index contributed by atoms with van der Waals surface area (Å²) >= 11 is 1.90. The summed E-state index contributed by atoms with van der Waals surface area (Å²) in [5.74, 6) is 0. The first-order valence-electron chi connectivity index (χ1n) is 8.21. The van der Waals surface area contributed by atoms with Crippen LogP contribution in [0.1, 0.15) is 51.3 Å². The minimum absolute atomic E-state index is 0.287. The average molecular weight is 295 g/mol. The van der Waals surface area contributed by atoms with E-state index in [0.29, 0.717) is 6.04 Å².